The summed E-state index contributed by atoms with van der Waals surface area (Å²) in [5.74, 6) is 0. The third-order valence-electron chi connectivity index (χ3n) is 2.17. The van der Waals surface area contributed by atoms with Gasteiger partial charge in [0.05, 0.1) is 9.77 Å². The first-order chi connectivity index (χ1) is 7.24. The maximum Gasteiger partial charge on any atom is 0.269 e. The number of hydrogen-bond acceptors (Lipinski definition) is 3. The molecule has 0 unspecified atom stereocenters. The second-order valence-electron chi connectivity index (χ2n) is 3.13. The number of rotatable bonds is 2. The van der Waals surface area contributed by atoms with E-state index in [4.69, 9.17) is 0 Å². The molecule has 0 fully saturated rings. The molecule has 0 saturated carbocycles. The van der Waals surface area contributed by atoms with Crippen LogP contribution in [0.3, 0.4) is 0 Å². The largest absolute Gasteiger partial charge is 0.269 e. The van der Waals surface area contributed by atoms with Gasteiger partial charge in [-0.2, -0.15) is 0 Å². The fourth-order valence-electron chi connectivity index (χ4n) is 1.44. The van der Waals surface area contributed by atoms with Crippen LogP contribution in [-0.2, 0) is 7.05 Å². The minimum atomic E-state index is 0.0931. The predicted octanol–water partition coefficient (Wildman–Crippen LogP) is 2.84. The van der Waals surface area contributed by atoms with Crippen LogP contribution in [0.25, 0.3) is 11.1 Å². The molecule has 0 aliphatic rings. The Morgan fingerprint density at radius 2 is 1.93 bits per heavy atom. The first-order valence-electron chi connectivity index (χ1n) is 4.53. The van der Waals surface area contributed by atoms with E-state index in [0.29, 0.717) is 0 Å². The Morgan fingerprint density at radius 3 is 2.53 bits per heavy atom. The Hall–Kier alpha value is -1.00. The molecule has 2 rings (SSSR count). The molecule has 0 radical (unpaired) electrons. The van der Waals surface area contributed by atoms with Crippen molar-refractivity contribution < 1.29 is 0 Å². The highest BCUT2D eigenvalue weighted by Crippen LogP contribution is 2.30. The van der Waals surface area contributed by atoms with Crippen LogP contribution in [0.4, 0.5) is 0 Å². The molecule has 1 aromatic carbocycles. The van der Waals surface area contributed by atoms with E-state index in [1.54, 1.807) is 22.8 Å². The summed E-state index contributed by atoms with van der Waals surface area (Å²) in [5, 5.41) is 0. The fourth-order valence-corrected chi connectivity index (χ4v) is 3.20. The van der Waals surface area contributed by atoms with E-state index in [9.17, 15) is 4.79 Å². The van der Waals surface area contributed by atoms with Crippen LogP contribution in [0.2, 0.25) is 0 Å². The van der Waals surface area contributed by atoms with Crippen molar-refractivity contribution in [2.75, 3.05) is 6.26 Å². The Kier molecular flexibility index (Phi) is 2.98. The van der Waals surface area contributed by atoms with Gasteiger partial charge in [-0.1, -0.05) is 30.3 Å². The first kappa shape index (κ1) is 10.5. The quantitative estimate of drug-likeness (QED) is 0.749. The zero-order chi connectivity index (χ0) is 10.8. The molecule has 1 aromatic heterocycles. The number of nitrogens with zero attached hydrogens (tertiary/aromatic N) is 1. The van der Waals surface area contributed by atoms with E-state index >= 15 is 0 Å². The minimum Gasteiger partial charge on any atom is -0.268 e. The van der Waals surface area contributed by atoms with Crippen molar-refractivity contribution in [3.8, 4) is 11.1 Å². The van der Waals surface area contributed by atoms with Gasteiger partial charge in [-0.15, -0.1) is 11.8 Å². The normalized spacial score (nSPS) is 10.5. The van der Waals surface area contributed by atoms with Gasteiger partial charge in [-0.25, -0.2) is 0 Å². The minimum absolute atomic E-state index is 0.0931. The average molecular weight is 237 g/mol. The van der Waals surface area contributed by atoms with Gasteiger partial charge in [-0.3, -0.25) is 8.75 Å². The summed E-state index contributed by atoms with van der Waals surface area (Å²) in [5.41, 5.74) is 1.93. The predicted molar refractivity (Wildman–Crippen MR) is 66.8 cm³/mol. The summed E-state index contributed by atoms with van der Waals surface area (Å²) < 4.78 is 2.75. The van der Waals surface area contributed by atoms with Crippen LogP contribution >= 0.6 is 23.3 Å². The van der Waals surface area contributed by atoms with Crippen molar-refractivity contribution >= 4 is 23.3 Å². The van der Waals surface area contributed by atoms with Gasteiger partial charge < -0.3 is 0 Å². The second kappa shape index (κ2) is 4.24. The monoisotopic (exact) mass is 237 g/mol. The van der Waals surface area contributed by atoms with Gasteiger partial charge >= 0.3 is 0 Å². The number of benzene rings is 1. The summed E-state index contributed by atoms with van der Waals surface area (Å²) in [7, 11) is 1.80. The molecule has 2 nitrogen and oxygen atoms in total. The molecule has 0 N–H and O–H groups in total. The molecule has 0 aliphatic carbocycles. The highest BCUT2D eigenvalue weighted by atomic mass is 32.2. The standard InChI is InChI=1S/C11H11NOS2/c1-12-10(13)9(11(14-2)15-12)8-6-4-3-5-7-8/h3-7H,1-2H3. The Morgan fingerprint density at radius 1 is 1.27 bits per heavy atom. The number of hydrogen-bond donors (Lipinski definition) is 0. The summed E-state index contributed by atoms with van der Waals surface area (Å²) in [6.07, 6.45) is 2.00. The highest BCUT2D eigenvalue weighted by Gasteiger charge is 2.13. The molecular weight excluding hydrogens is 226 g/mol. The third-order valence-corrected chi connectivity index (χ3v) is 4.28. The van der Waals surface area contributed by atoms with Gasteiger partial charge in [0.25, 0.3) is 5.56 Å². The molecule has 0 saturated heterocycles. The van der Waals surface area contributed by atoms with Crippen LogP contribution in [0.15, 0.2) is 39.3 Å². The van der Waals surface area contributed by atoms with Gasteiger partial charge in [0.2, 0.25) is 0 Å². The topological polar surface area (TPSA) is 22.0 Å². The van der Waals surface area contributed by atoms with Gasteiger partial charge in [0, 0.05) is 7.05 Å². The SMILES string of the molecule is CSc1sn(C)c(=O)c1-c1ccccc1. The highest BCUT2D eigenvalue weighted by molar-refractivity contribution is 8.00. The molecular formula is C11H11NOS2. The number of thioether (sulfide) groups is 1. The molecule has 2 aromatic rings. The number of aryl methyl sites for hydroxylation is 1. The lowest BCUT2D eigenvalue weighted by Crippen LogP contribution is -2.10. The van der Waals surface area contributed by atoms with Crippen LogP contribution in [0.1, 0.15) is 0 Å². The van der Waals surface area contributed by atoms with Crippen LogP contribution < -0.4 is 5.56 Å². The van der Waals surface area contributed by atoms with Crippen molar-refractivity contribution in [1.82, 2.24) is 3.96 Å². The van der Waals surface area contributed by atoms with Crippen molar-refractivity contribution in [1.29, 1.82) is 0 Å². The summed E-state index contributed by atoms with van der Waals surface area (Å²) in [4.78, 5) is 11.9. The van der Waals surface area contributed by atoms with Crippen LogP contribution in [0, 0.1) is 0 Å². The zero-order valence-corrected chi connectivity index (χ0v) is 10.2. The Labute approximate surface area is 96.7 Å². The van der Waals surface area contributed by atoms with E-state index < -0.39 is 0 Å². The van der Waals surface area contributed by atoms with Crippen molar-refractivity contribution in [2.45, 2.75) is 4.21 Å². The van der Waals surface area contributed by atoms with Gasteiger partial charge in [0.1, 0.15) is 0 Å². The van der Waals surface area contributed by atoms with E-state index in [2.05, 4.69) is 0 Å². The molecule has 0 aliphatic heterocycles. The van der Waals surface area contributed by atoms with Crippen LogP contribution in [-0.4, -0.2) is 10.2 Å². The summed E-state index contributed by atoms with van der Waals surface area (Å²) in [6.45, 7) is 0. The van der Waals surface area contributed by atoms with E-state index in [1.165, 1.54) is 11.5 Å². The Balaban J connectivity index is 2.67. The van der Waals surface area contributed by atoms with Gasteiger partial charge in [-0.05, 0) is 23.4 Å². The lowest BCUT2D eigenvalue weighted by atomic mass is 10.1. The first-order valence-corrected chi connectivity index (χ1v) is 6.53. The van der Waals surface area contributed by atoms with Crippen molar-refractivity contribution in [2.24, 2.45) is 7.05 Å². The Bertz CT molecular complexity index is 513. The summed E-state index contributed by atoms with van der Waals surface area (Å²) in [6, 6.07) is 9.82. The third kappa shape index (κ3) is 1.87. The van der Waals surface area contributed by atoms with E-state index in [-0.39, 0.29) is 5.56 Å². The molecule has 1 heterocycles. The van der Waals surface area contributed by atoms with Crippen molar-refractivity contribution in [3.05, 3.63) is 40.7 Å². The number of aromatic nitrogens is 1. The lowest BCUT2D eigenvalue weighted by Gasteiger charge is -1.97. The van der Waals surface area contributed by atoms with Crippen LogP contribution in [0.5, 0.6) is 0 Å². The second-order valence-corrected chi connectivity index (χ2v) is 5.34. The zero-order valence-electron chi connectivity index (χ0n) is 8.56. The van der Waals surface area contributed by atoms with Gasteiger partial charge in [0.15, 0.2) is 0 Å². The molecule has 0 amide bonds. The molecule has 0 spiro atoms. The molecule has 0 bridgehead atoms. The smallest absolute Gasteiger partial charge is 0.268 e. The molecule has 78 valence electrons. The lowest BCUT2D eigenvalue weighted by molar-refractivity contribution is 0.983. The molecule has 15 heavy (non-hydrogen) atoms. The maximum atomic E-state index is 11.9. The van der Waals surface area contributed by atoms with Crippen molar-refractivity contribution in [3.63, 3.8) is 0 Å². The van der Waals surface area contributed by atoms with E-state index in [0.717, 1.165) is 15.3 Å². The molecule has 4 heteroatoms. The summed E-state index contributed by atoms with van der Waals surface area (Å²) >= 11 is 3.13. The average Bonchev–Trinajstić information content (AvgIpc) is 2.56. The van der Waals surface area contributed by atoms with E-state index in [1.807, 2.05) is 36.6 Å². The maximum absolute atomic E-state index is 11.9. The molecule has 0 atom stereocenters. The fraction of sp³-hybridized carbons (Fsp3) is 0.182.